The summed E-state index contributed by atoms with van der Waals surface area (Å²) in [6.45, 7) is 6.07. The third-order valence-electron chi connectivity index (χ3n) is 3.68. The second-order valence-electron chi connectivity index (χ2n) is 5.73. The second kappa shape index (κ2) is 10.7. The minimum absolute atomic E-state index is 0.657. The molecule has 0 bridgehead atoms. The van der Waals surface area contributed by atoms with Crippen molar-refractivity contribution < 1.29 is 9.26 Å². The van der Waals surface area contributed by atoms with Gasteiger partial charge < -0.3 is 19.9 Å². The Morgan fingerprint density at radius 1 is 1.31 bits per heavy atom. The molecule has 0 radical (unpaired) electrons. The Bertz CT molecular complexity index is 717. The van der Waals surface area contributed by atoms with Crippen LogP contribution in [0.25, 0.3) is 0 Å². The number of guanidine groups is 1. The summed E-state index contributed by atoms with van der Waals surface area (Å²) in [6.07, 6.45) is 2.38. The topological polar surface area (TPSA) is 84.6 Å². The highest BCUT2D eigenvalue weighted by atomic mass is 35.5. The molecule has 8 heteroatoms. The maximum atomic E-state index is 6.27. The van der Waals surface area contributed by atoms with Gasteiger partial charge in [0.2, 0.25) is 5.89 Å². The summed E-state index contributed by atoms with van der Waals surface area (Å²) in [5.41, 5.74) is 1.07. The fraction of sp³-hybridized carbons (Fsp3) is 0.500. The van der Waals surface area contributed by atoms with Crippen molar-refractivity contribution in [1.29, 1.82) is 0 Å². The van der Waals surface area contributed by atoms with Crippen molar-refractivity contribution in [2.24, 2.45) is 4.99 Å². The van der Waals surface area contributed by atoms with E-state index in [-0.39, 0.29) is 0 Å². The number of halogens is 1. The van der Waals surface area contributed by atoms with E-state index in [4.69, 9.17) is 20.9 Å². The number of hydrogen-bond donors (Lipinski definition) is 2. The molecule has 2 rings (SSSR count). The van der Waals surface area contributed by atoms with Gasteiger partial charge in [-0.05, 0) is 44.4 Å². The molecule has 0 unspecified atom stereocenters. The second-order valence-corrected chi connectivity index (χ2v) is 6.14. The molecule has 0 saturated heterocycles. The molecule has 1 aromatic carbocycles. The van der Waals surface area contributed by atoms with Crippen molar-refractivity contribution in [2.45, 2.75) is 33.1 Å². The van der Waals surface area contributed by atoms with Gasteiger partial charge in [-0.2, -0.15) is 4.98 Å². The van der Waals surface area contributed by atoms with E-state index >= 15 is 0 Å². The molecule has 0 aliphatic heterocycles. The lowest BCUT2D eigenvalue weighted by atomic mass is 10.1. The van der Waals surface area contributed by atoms with Crippen LogP contribution in [0.1, 0.15) is 30.6 Å². The summed E-state index contributed by atoms with van der Waals surface area (Å²) in [7, 11) is 1.63. The fourth-order valence-electron chi connectivity index (χ4n) is 2.38. The van der Waals surface area contributed by atoms with E-state index in [0.717, 1.165) is 49.6 Å². The zero-order chi connectivity index (χ0) is 18.8. The van der Waals surface area contributed by atoms with E-state index in [9.17, 15) is 0 Å². The molecule has 1 heterocycles. The molecule has 0 atom stereocenters. The van der Waals surface area contributed by atoms with Crippen LogP contribution in [0, 0.1) is 6.92 Å². The summed E-state index contributed by atoms with van der Waals surface area (Å²) >= 11 is 6.27. The first-order valence-electron chi connectivity index (χ1n) is 8.76. The number of aryl methyl sites for hydroxylation is 2. The zero-order valence-corrected chi connectivity index (χ0v) is 16.3. The molecule has 2 N–H and O–H groups in total. The number of aromatic nitrogens is 2. The van der Waals surface area contributed by atoms with Crippen LogP contribution in [0.2, 0.25) is 5.02 Å². The minimum Gasteiger partial charge on any atom is -0.497 e. The number of benzene rings is 1. The maximum absolute atomic E-state index is 6.27. The van der Waals surface area contributed by atoms with Crippen LogP contribution in [-0.2, 0) is 12.8 Å². The van der Waals surface area contributed by atoms with Crippen LogP contribution in [0.4, 0.5) is 0 Å². The predicted octanol–water partition coefficient (Wildman–Crippen LogP) is 2.77. The van der Waals surface area contributed by atoms with E-state index < -0.39 is 0 Å². The Kier molecular flexibility index (Phi) is 8.21. The molecule has 7 nitrogen and oxygen atoms in total. The summed E-state index contributed by atoms with van der Waals surface area (Å²) in [5.74, 6) is 2.87. The lowest BCUT2D eigenvalue weighted by Crippen LogP contribution is -2.38. The third-order valence-corrected chi connectivity index (χ3v) is 4.03. The van der Waals surface area contributed by atoms with Crippen molar-refractivity contribution in [3.05, 3.63) is 40.5 Å². The van der Waals surface area contributed by atoms with Crippen LogP contribution in [0.5, 0.6) is 5.75 Å². The summed E-state index contributed by atoms with van der Waals surface area (Å²) in [5, 5.41) is 11.1. The van der Waals surface area contributed by atoms with Crippen LogP contribution in [0.3, 0.4) is 0 Å². The van der Waals surface area contributed by atoms with Crippen LogP contribution in [-0.4, -0.2) is 42.8 Å². The third kappa shape index (κ3) is 6.55. The van der Waals surface area contributed by atoms with E-state index in [0.29, 0.717) is 23.3 Å². The molecule has 0 spiro atoms. The first kappa shape index (κ1) is 20.0. The van der Waals surface area contributed by atoms with Crippen molar-refractivity contribution in [2.75, 3.05) is 26.7 Å². The number of nitrogens with zero attached hydrogens (tertiary/aromatic N) is 3. The molecule has 0 amide bonds. The molecule has 0 aliphatic rings. The Balaban J connectivity index is 1.77. The SMILES string of the molecule is CCNC(=NCCCc1nc(C)no1)NCCc1ccc(OC)cc1Cl. The average molecular weight is 380 g/mol. The number of hydrogen-bond acceptors (Lipinski definition) is 5. The van der Waals surface area contributed by atoms with Gasteiger partial charge in [0.15, 0.2) is 11.8 Å². The first-order valence-corrected chi connectivity index (χ1v) is 9.14. The van der Waals surface area contributed by atoms with Crippen molar-refractivity contribution in [3.63, 3.8) is 0 Å². The molecule has 0 aliphatic carbocycles. The van der Waals surface area contributed by atoms with E-state index in [2.05, 4.69) is 25.8 Å². The number of aliphatic imine (C=N–C) groups is 1. The average Bonchev–Trinajstić information content (AvgIpc) is 3.05. The molecule has 2 aromatic rings. The van der Waals surface area contributed by atoms with Crippen molar-refractivity contribution in [1.82, 2.24) is 20.8 Å². The van der Waals surface area contributed by atoms with Crippen molar-refractivity contribution in [3.8, 4) is 5.75 Å². The fourth-order valence-corrected chi connectivity index (χ4v) is 2.64. The predicted molar refractivity (Wildman–Crippen MR) is 103 cm³/mol. The lowest BCUT2D eigenvalue weighted by molar-refractivity contribution is 0.372. The normalized spacial score (nSPS) is 11.5. The quantitative estimate of drug-likeness (QED) is 0.396. The standard InChI is InChI=1S/C18H26ClN5O2/c1-4-20-18(21-10-5-6-17-23-13(2)24-26-17)22-11-9-14-7-8-15(25-3)12-16(14)19/h7-8,12H,4-6,9-11H2,1-3H3,(H2,20,21,22). The molecular weight excluding hydrogens is 354 g/mol. The van der Waals surface area contributed by atoms with Gasteiger partial charge in [0.05, 0.1) is 7.11 Å². The maximum Gasteiger partial charge on any atom is 0.226 e. The molecule has 0 saturated carbocycles. The van der Waals surface area contributed by atoms with Gasteiger partial charge in [0.1, 0.15) is 5.75 Å². The van der Waals surface area contributed by atoms with E-state index in [1.165, 1.54) is 0 Å². The first-order chi connectivity index (χ1) is 12.6. The van der Waals surface area contributed by atoms with Gasteiger partial charge in [-0.3, -0.25) is 4.99 Å². The zero-order valence-electron chi connectivity index (χ0n) is 15.5. The molecule has 0 fully saturated rings. The number of ether oxygens (including phenoxy) is 1. The molecule has 26 heavy (non-hydrogen) atoms. The van der Waals surface area contributed by atoms with Gasteiger partial charge in [-0.1, -0.05) is 22.8 Å². The van der Waals surface area contributed by atoms with Gasteiger partial charge in [0, 0.05) is 31.1 Å². The molecule has 1 aromatic heterocycles. The van der Waals surface area contributed by atoms with E-state index in [1.807, 2.05) is 32.0 Å². The van der Waals surface area contributed by atoms with Gasteiger partial charge in [-0.15, -0.1) is 0 Å². The van der Waals surface area contributed by atoms with Crippen LogP contribution >= 0.6 is 11.6 Å². The van der Waals surface area contributed by atoms with E-state index in [1.54, 1.807) is 7.11 Å². The van der Waals surface area contributed by atoms with Crippen LogP contribution in [0.15, 0.2) is 27.7 Å². The largest absolute Gasteiger partial charge is 0.497 e. The highest BCUT2D eigenvalue weighted by molar-refractivity contribution is 6.31. The molecular formula is C18H26ClN5O2. The Morgan fingerprint density at radius 3 is 2.81 bits per heavy atom. The van der Waals surface area contributed by atoms with Crippen LogP contribution < -0.4 is 15.4 Å². The van der Waals surface area contributed by atoms with Gasteiger partial charge in [-0.25, -0.2) is 0 Å². The van der Waals surface area contributed by atoms with Gasteiger partial charge in [0.25, 0.3) is 0 Å². The Hall–Kier alpha value is -2.28. The minimum atomic E-state index is 0.657. The smallest absolute Gasteiger partial charge is 0.226 e. The summed E-state index contributed by atoms with van der Waals surface area (Å²) < 4.78 is 10.3. The number of rotatable bonds is 9. The summed E-state index contributed by atoms with van der Waals surface area (Å²) in [4.78, 5) is 8.76. The summed E-state index contributed by atoms with van der Waals surface area (Å²) in [6, 6.07) is 5.73. The highest BCUT2D eigenvalue weighted by Gasteiger charge is 2.04. The number of methoxy groups -OCH3 is 1. The highest BCUT2D eigenvalue weighted by Crippen LogP contribution is 2.22. The Labute approximate surface area is 159 Å². The van der Waals surface area contributed by atoms with Crippen molar-refractivity contribution >= 4 is 17.6 Å². The molecule has 142 valence electrons. The van der Waals surface area contributed by atoms with Gasteiger partial charge >= 0.3 is 0 Å². The lowest BCUT2D eigenvalue weighted by Gasteiger charge is -2.12. The monoisotopic (exact) mass is 379 g/mol. The Morgan fingerprint density at radius 2 is 2.15 bits per heavy atom. The number of nitrogens with one attached hydrogen (secondary N) is 2.